The predicted molar refractivity (Wildman–Crippen MR) is 76.0 cm³/mol. The van der Waals surface area contributed by atoms with Crippen LogP contribution in [0.4, 0.5) is 0 Å². The van der Waals surface area contributed by atoms with E-state index >= 15 is 0 Å². The first kappa shape index (κ1) is 11.4. The summed E-state index contributed by atoms with van der Waals surface area (Å²) < 4.78 is 0. The van der Waals surface area contributed by atoms with Crippen molar-refractivity contribution < 1.29 is 0 Å². The number of hydrogen-bond donors (Lipinski definition) is 0. The Morgan fingerprint density at radius 1 is 1.12 bits per heavy atom. The fourth-order valence-electron chi connectivity index (χ4n) is 2.50. The van der Waals surface area contributed by atoms with Gasteiger partial charge in [0.1, 0.15) is 0 Å². The lowest BCUT2D eigenvalue weighted by Gasteiger charge is -2.12. The van der Waals surface area contributed by atoms with Crippen molar-refractivity contribution >= 4 is 15.8 Å². The summed E-state index contributed by atoms with van der Waals surface area (Å²) in [5, 5.41) is 0. The van der Waals surface area contributed by atoms with Gasteiger partial charge in [-0.3, -0.25) is 0 Å². The van der Waals surface area contributed by atoms with Gasteiger partial charge in [-0.05, 0) is 42.5 Å². The van der Waals surface area contributed by atoms with Gasteiger partial charge in [0, 0.05) is 10.2 Å². The molecule has 16 heavy (non-hydrogen) atoms. The SMILES string of the molecule is Cc1cc(C)cc(C2=C(C(C)[SiH3])C=CC2)c1. The molecule has 0 aliphatic heterocycles. The summed E-state index contributed by atoms with van der Waals surface area (Å²) in [5.41, 5.74) is 8.05. The molecule has 1 heteroatoms. The van der Waals surface area contributed by atoms with Crippen molar-refractivity contribution in [2.45, 2.75) is 32.7 Å². The summed E-state index contributed by atoms with van der Waals surface area (Å²) in [6.07, 6.45) is 5.74. The molecule has 0 N–H and O–H groups in total. The molecule has 0 bridgehead atoms. The van der Waals surface area contributed by atoms with Crippen molar-refractivity contribution in [3.63, 3.8) is 0 Å². The molecule has 0 fully saturated rings. The maximum atomic E-state index is 2.33. The predicted octanol–water partition coefficient (Wildman–Crippen LogP) is 3.19. The fourth-order valence-corrected chi connectivity index (χ4v) is 3.04. The lowest BCUT2D eigenvalue weighted by atomic mass is 9.96. The lowest BCUT2D eigenvalue weighted by molar-refractivity contribution is 1.14. The third-order valence-electron chi connectivity index (χ3n) is 3.16. The molecule has 1 aromatic carbocycles. The van der Waals surface area contributed by atoms with Gasteiger partial charge in [0.2, 0.25) is 0 Å². The molecule has 0 amide bonds. The largest absolute Gasteiger partial charge is 0.0798 e. The quantitative estimate of drug-likeness (QED) is 0.682. The van der Waals surface area contributed by atoms with E-state index in [9.17, 15) is 0 Å². The molecule has 0 saturated carbocycles. The summed E-state index contributed by atoms with van der Waals surface area (Å²) in [5.74, 6) is 0. The Balaban J connectivity index is 2.48. The molecular weight excluding hydrogens is 208 g/mol. The summed E-state index contributed by atoms with van der Waals surface area (Å²) >= 11 is 0. The molecule has 0 aromatic heterocycles. The minimum absolute atomic E-state index is 0.759. The van der Waals surface area contributed by atoms with Crippen LogP contribution in [0.2, 0.25) is 5.54 Å². The van der Waals surface area contributed by atoms with Gasteiger partial charge in [0.25, 0.3) is 0 Å². The van der Waals surface area contributed by atoms with Crippen LogP contribution in [-0.2, 0) is 0 Å². The van der Waals surface area contributed by atoms with Crippen molar-refractivity contribution in [3.8, 4) is 0 Å². The van der Waals surface area contributed by atoms with E-state index in [0.29, 0.717) is 0 Å². The normalized spacial score (nSPS) is 17.2. The minimum Gasteiger partial charge on any atom is -0.0798 e. The molecule has 2 rings (SSSR count). The van der Waals surface area contributed by atoms with Crippen LogP contribution in [0.15, 0.2) is 35.9 Å². The van der Waals surface area contributed by atoms with Crippen LogP contribution in [0, 0.1) is 13.8 Å². The third kappa shape index (κ3) is 2.19. The van der Waals surface area contributed by atoms with Crippen LogP contribution in [0.5, 0.6) is 0 Å². The molecule has 1 unspecified atom stereocenters. The maximum absolute atomic E-state index is 2.33. The Morgan fingerprint density at radius 2 is 1.75 bits per heavy atom. The monoisotopic (exact) mass is 228 g/mol. The topological polar surface area (TPSA) is 0 Å². The van der Waals surface area contributed by atoms with E-state index in [1.165, 1.54) is 26.9 Å². The second kappa shape index (κ2) is 4.42. The number of allylic oxidation sites excluding steroid dienone is 4. The molecule has 84 valence electrons. The van der Waals surface area contributed by atoms with Crippen LogP contribution in [0.25, 0.3) is 5.57 Å². The van der Waals surface area contributed by atoms with E-state index in [-0.39, 0.29) is 0 Å². The lowest BCUT2D eigenvalue weighted by Crippen LogP contribution is -1.93. The summed E-state index contributed by atoms with van der Waals surface area (Å²) in [6, 6.07) is 6.88. The maximum Gasteiger partial charge on any atom is 0.0119 e. The Labute approximate surface area is 102 Å². The van der Waals surface area contributed by atoms with Crippen LogP contribution >= 0.6 is 0 Å². The highest BCUT2D eigenvalue weighted by Gasteiger charge is 2.14. The van der Waals surface area contributed by atoms with E-state index in [1.807, 2.05) is 0 Å². The highest BCUT2D eigenvalue weighted by atomic mass is 28.1. The van der Waals surface area contributed by atoms with E-state index in [1.54, 1.807) is 11.1 Å². The van der Waals surface area contributed by atoms with Gasteiger partial charge in [-0.1, -0.05) is 48.4 Å². The zero-order chi connectivity index (χ0) is 11.7. The van der Waals surface area contributed by atoms with Crippen molar-refractivity contribution in [1.82, 2.24) is 0 Å². The average molecular weight is 228 g/mol. The number of aryl methyl sites for hydroxylation is 2. The summed E-state index contributed by atoms with van der Waals surface area (Å²) in [6.45, 7) is 6.70. The smallest absolute Gasteiger partial charge is 0.0119 e. The van der Waals surface area contributed by atoms with Gasteiger partial charge < -0.3 is 0 Å². The molecular formula is C15H20Si. The molecule has 1 aliphatic carbocycles. The van der Waals surface area contributed by atoms with Crippen molar-refractivity contribution in [2.24, 2.45) is 0 Å². The number of benzene rings is 1. The van der Waals surface area contributed by atoms with E-state index in [4.69, 9.17) is 0 Å². The van der Waals surface area contributed by atoms with Gasteiger partial charge in [-0.25, -0.2) is 0 Å². The fraction of sp³-hybridized carbons (Fsp3) is 0.333. The van der Waals surface area contributed by atoms with Crippen LogP contribution in [0.3, 0.4) is 0 Å². The molecule has 1 aliphatic rings. The Hall–Kier alpha value is -1.08. The second-order valence-electron chi connectivity index (χ2n) is 5.07. The van der Waals surface area contributed by atoms with Gasteiger partial charge in [0.15, 0.2) is 0 Å². The van der Waals surface area contributed by atoms with Crippen LogP contribution < -0.4 is 0 Å². The highest BCUT2D eigenvalue weighted by Crippen LogP contribution is 2.34. The molecule has 0 radical (unpaired) electrons. The number of hydrogen-bond acceptors (Lipinski definition) is 0. The molecule has 0 nitrogen and oxygen atoms in total. The van der Waals surface area contributed by atoms with Crippen molar-refractivity contribution in [3.05, 3.63) is 52.6 Å². The van der Waals surface area contributed by atoms with Gasteiger partial charge >= 0.3 is 0 Å². The Bertz CT molecular complexity index is 444. The highest BCUT2D eigenvalue weighted by molar-refractivity contribution is 6.14. The summed E-state index contributed by atoms with van der Waals surface area (Å²) in [4.78, 5) is 0. The second-order valence-corrected chi connectivity index (χ2v) is 6.80. The standard InChI is InChI=1S/C15H20Si/c1-10-7-11(2)9-13(8-10)15-6-4-5-14(15)12(3)16/h4-5,7-9,12H,6H2,1-3,16H3. The van der Waals surface area contributed by atoms with Crippen molar-refractivity contribution in [1.29, 1.82) is 0 Å². The van der Waals surface area contributed by atoms with E-state index < -0.39 is 0 Å². The van der Waals surface area contributed by atoms with Crippen LogP contribution in [-0.4, -0.2) is 10.2 Å². The van der Waals surface area contributed by atoms with Gasteiger partial charge in [0.05, 0.1) is 0 Å². The third-order valence-corrected chi connectivity index (χ3v) is 3.78. The minimum atomic E-state index is 0.759. The van der Waals surface area contributed by atoms with E-state index in [2.05, 4.69) is 51.1 Å². The van der Waals surface area contributed by atoms with Gasteiger partial charge in [-0.15, -0.1) is 0 Å². The first-order valence-electron chi connectivity index (χ1n) is 6.06. The molecule has 0 heterocycles. The molecule has 1 atom stereocenters. The average Bonchev–Trinajstić information content (AvgIpc) is 2.63. The Morgan fingerprint density at radius 3 is 2.31 bits per heavy atom. The first-order valence-corrected chi connectivity index (χ1v) is 7.21. The zero-order valence-corrected chi connectivity index (χ0v) is 12.7. The van der Waals surface area contributed by atoms with Crippen molar-refractivity contribution in [2.75, 3.05) is 0 Å². The van der Waals surface area contributed by atoms with Gasteiger partial charge in [-0.2, -0.15) is 0 Å². The summed E-state index contributed by atoms with van der Waals surface area (Å²) in [7, 11) is 1.24. The molecule has 0 spiro atoms. The first-order chi connectivity index (χ1) is 7.58. The number of rotatable bonds is 2. The van der Waals surface area contributed by atoms with E-state index in [0.717, 1.165) is 12.0 Å². The zero-order valence-electron chi connectivity index (χ0n) is 10.7. The molecule has 0 saturated heterocycles. The van der Waals surface area contributed by atoms with Crippen LogP contribution in [0.1, 0.15) is 30.0 Å². The molecule has 1 aromatic rings. The Kier molecular flexibility index (Phi) is 3.15.